The van der Waals surface area contributed by atoms with E-state index in [9.17, 15) is 5.11 Å². The molecule has 1 N–H and O–H groups in total. The highest BCUT2D eigenvalue weighted by atomic mass is 28.4. The van der Waals surface area contributed by atoms with Crippen LogP contribution in [0.25, 0.3) is 0 Å². The molecule has 1 aliphatic heterocycles. The van der Waals surface area contributed by atoms with Crippen molar-refractivity contribution < 1.29 is 19.0 Å². The number of ether oxygens (including phenoxy) is 2. The highest BCUT2D eigenvalue weighted by Gasteiger charge is 2.41. The monoisotopic (exact) mass is 352 g/mol. The Morgan fingerprint density at radius 2 is 1.79 bits per heavy atom. The summed E-state index contributed by atoms with van der Waals surface area (Å²) >= 11 is 0. The van der Waals surface area contributed by atoms with Crippen molar-refractivity contribution in [3.63, 3.8) is 0 Å². The van der Waals surface area contributed by atoms with Gasteiger partial charge in [0.15, 0.2) is 20.9 Å². The molecule has 136 valence electrons. The second-order valence-corrected chi connectivity index (χ2v) is 12.9. The molecule has 1 heterocycles. The predicted molar refractivity (Wildman–Crippen MR) is 98.1 cm³/mol. The molecule has 0 unspecified atom stereocenters. The van der Waals surface area contributed by atoms with Crippen LogP contribution in [0.15, 0.2) is 30.3 Å². The maximum atomic E-state index is 10.1. The van der Waals surface area contributed by atoms with Crippen LogP contribution in [0.3, 0.4) is 0 Å². The van der Waals surface area contributed by atoms with Gasteiger partial charge in [0, 0.05) is 12.8 Å². The van der Waals surface area contributed by atoms with E-state index in [0.29, 0.717) is 12.8 Å². The highest BCUT2D eigenvalue weighted by Crippen LogP contribution is 2.39. The first-order valence-electron chi connectivity index (χ1n) is 8.80. The molecule has 1 aliphatic rings. The minimum Gasteiger partial charge on any atom is -0.414 e. The molecular formula is C19H32O4Si. The summed E-state index contributed by atoms with van der Waals surface area (Å²) in [4.78, 5) is 0. The fourth-order valence-electron chi connectivity index (χ4n) is 2.63. The predicted octanol–water partition coefficient (Wildman–Crippen LogP) is 4.61. The normalized spacial score (nSPS) is 27.0. The van der Waals surface area contributed by atoms with Crippen LogP contribution in [0.2, 0.25) is 18.1 Å². The Kier molecular flexibility index (Phi) is 6.26. The van der Waals surface area contributed by atoms with Crippen molar-refractivity contribution in [3.8, 4) is 0 Å². The van der Waals surface area contributed by atoms with Gasteiger partial charge >= 0.3 is 0 Å². The molecule has 0 radical (unpaired) electrons. The van der Waals surface area contributed by atoms with Gasteiger partial charge in [-0.15, -0.1) is 0 Å². The molecule has 0 spiro atoms. The van der Waals surface area contributed by atoms with Crippen molar-refractivity contribution >= 4 is 8.32 Å². The summed E-state index contributed by atoms with van der Waals surface area (Å²) in [5, 5.41) is 10.2. The van der Waals surface area contributed by atoms with Crippen LogP contribution in [0.1, 0.15) is 52.2 Å². The summed E-state index contributed by atoms with van der Waals surface area (Å²) in [6.07, 6.45) is -0.231. The summed E-state index contributed by atoms with van der Waals surface area (Å²) in [6.45, 7) is 13.1. The van der Waals surface area contributed by atoms with Gasteiger partial charge in [0.25, 0.3) is 0 Å². The lowest BCUT2D eigenvalue weighted by molar-refractivity contribution is -0.279. The van der Waals surface area contributed by atoms with Gasteiger partial charge in [0.1, 0.15) is 0 Å². The lowest BCUT2D eigenvalue weighted by atomic mass is 10.1. The maximum Gasteiger partial charge on any atom is 0.192 e. The second kappa shape index (κ2) is 7.66. The van der Waals surface area contributed by atoms with E-state index in [4.69, 9.17) is 13.9 Å². The molecule has 0 saturated carbocycles. The standard InChI is InChI=1S/C19H32O4Si/c1-14(15-10-8-7-9-11-15)21-18-13-16(12-17(20)22-18)23-24(5,6)19(2,3)4/h7-11,14,16-18,20H,12-13H2,1-6H3/t14-,16-,17-,18+/m1/s1. The van der Waals surface area contributed by atoms with E-state index >= 15 is 0 Å². The summed E-state index contributed by atoms with van der Waals surface area (Å²) in [5.41, 5.74) is 1.10. The van der Waals surface area contributed by atoms with E-state index in [2.05, 4.69) is 33.9 Å². The summed E-state index contributed by atoms with van der Waals surface area (Å²) in [6, 6.07) is 10.0. The Hall–Kier alpha value is -0.723. The molecular weight excluding hydrogens is 320 g/mol. The fraction of sp³-hybridized carbons (Fsp3) is 0.684. The molecule has 0 aliphatic carbocycles. The van der Waals surface area contributed by atoms with Crippen LogP contribution in [0.5, 0.6) is 0 Å². The molecule has 4 atom stereocenters. The van der Waals surface area contributed by atoms with E-state index in [1.807, 2.05) is 37.3 Å². The van der Waals surface area contributed by atoms with E-state index in [0.717, 1.165) is 5.56 Å². The Balaban J connectivity index is 1.98. The molecule has 0 amide bonds. The topological polar surface area (TPSA) is 47.9 Å². The van der Waals surface area contributed by atoms with Gasteiger partial charge in [0.2, 0.25) is 0 Å². The lowest BCUT2D eigenvalue weighted by Gasteiger charge is -2.42. The molecule has 4 nitrogen and oxygen atoms in total. The molecule has 0 aromatic heterocycles. The molecule has 5 heteroatoms. The van der Waals surface area contributed by atoms with Crippen molar-refractivity contribution in [2.24, 2.45) is 0 Å². The first-order chi connectivity index (χ1) is 11.1. The SMILES string of the molecule is C[C@@H](O[C@@H]1C[C@H](O[Si](C)(C)C(C)(C)C)C[C@H](O)O1)c1ccccc1. The van der Waals surface area contributed by atoms with Crippen LogP contribution in [-0.2, 0) is 13.9 Å². The Morgan fingerprint density at radius 1 is 1.17 bits per heavy atom. The van der Waals surface area contributed by atoms with E-state index < -0.39 is 20.9 Å². The number of aliphatic hydroxyl groups excluding tert-OH is 1. The Morgan fingerprint density at radius 3 is 2.38 bits per heavy atom. The third-order valence-electron chi connectivity index (χ3n) is 5.12. The van der Waals surface area contributed by atoms with Crippen LogP contribution in [0.4, 0.5) is 0 Å². The molecule has 1 fully saturated rings. The molecule has 24 heavy (non-hydrogen) atoms. The number of aliphatic hydroxyl groups is 1. The zero-order valence-electron chi connectivity index (χ0n) is 15.8. The van der Waals surface area contributed by atoms with Crippen LogP contribution in [-0.4, -0.2) is 32.1 Å². The summed E-state index contributed by atoms with van der Waals surface area (Å²) < 4.78 is 18.1. The van der Waals surface area contributed by atoms with Crippen molar-refractivity contribution in [3.05, 3.63) is 35.9 Å². The number of rotatable bonds is 5. The maximum absolute atomic E-state index is 10.1. The molecule has 1 aromatic rings. The second-order valence-electron chi connectivity index (χ2n) is 8.18. The average molecular weight is 353 g/mol. The van der Waals surface area contributed by atoms with Gasteiger partial charge in [-0.25, -0.2) is 0 Å². The van der Waals surface area contributed by atoms with E-state index in [-0.39, 0.29) is 17.2 Å². The smallest absolute Gasteiger partial charge is 0.192 e. The Bertz CT molecular complexity index is 512. The third kappa shape index (κ3) is 5.13. The van der Waals surface area contributed by atoms with Crippen LogP contribution >= 0.6 is 0 Å². The van der Waals surface area contributed by atoms with Gasteiger partial charge < -0.3 is 19.0 Å². The van der Waals surface area contributed by atoms with E-state index in [1.54, 1.807) is 0 Å². The van der Waals surface area contributed by atoms with Crippen molar-refractivity contribution in [1.82, 2.24) is 0 Å². The summed E-state index contributed by atoms with van der Waals surface area (Å²) in [7, 11) is -1.88. The zero-order chi connectivity index (χ0) is 18.0. The van der Waals surface area contributed by atoms with Gasteiger partial charge in [-0.05, 0) is 30.6 Å². The number of benzene rings is 1. The molecule has 2 rings (SSSR count). The highest BCUT2D eigenvalue weighted by molar-refractivity contribution is 6.74. The third-order valence-corrected chi connectivity index (χ3v) is 9.66. The van der Waals surface area contributed by atoms with E-state index in [1.165, 1.54) is 0 Å². The van der Waals surface area contributed by atoms with Crippen molar-refractivity contribution in [2.45, 2.75) is 83.5 Å². The van der Waals surface area contributed by atoms with Gasteiger partial charge in [0.05, 0.1) is 12.2 Å². The molecule has 1 aromatic carbocycles. The minimum atomic E-state index is -1.88. The zero-order valence-corrected chi connectivity index (χ0v) is 16.8. The number of hydrogen-bond acceptors (Lipinski definition) is 4. The van der Waals surface area contributed by atoms with Crippen molar-refractivity contribution in [2.75, 3.05) is 0 Å². The first-order valence-corrected chi connectivity index (χ1v) is 11.7. The average Bonchev–Trinajstić information content (AvgIpc) is 2.45. The van der Waals surface area contributed by atoms with Gasteiger partial charge in [-0.3, -0.25) is 0 Å². The minimum absolute atomic E-state index is 0.0254. The van der Waals surface area contributed by atoms with Crippen LogP contribution < -0.4 is 0 Å². The van der Waals surface area contributed by atoms with Crippen LogP contribution in [0, 0.1) is 0 Å². The molecule has 0 bridgehead atoms. The molecule has 1 saturated heterocycles. The largest absolute Gasteiger partial charge is 0.414 e. The fourth-order valence-corrected chi connectivity index (χ4v) is 4.01. The quantitative estimate of drug-likeness (QED) is 0.786. The van der Waals surface area contributed by atoms with Gasteiger partial charge in [-0.1, -0.05) is 51.1 Å². The number of hydrogen-bond donors (Lipinski definition) is 1. The Labute approximate surface area is 147 Å². The van der Waals surface area contributed by atoms with Gasteiger partial charge in [-0.2, -0.15) is 0 Å². The lowest BCUT2D eigenvalue weighted by Crippen LogP contribution is -2.48. The first kappa shape index (κ1) is 19.6. The summed E-state index contributed by atoms with van der Waals surface area (Å²) in [5.74, 6) is 0. The van der Waals surface area contributed by atoms with Crippen molar-refractivity contribution in [1.29, 1.82) is 0 Å².